The predicted octanol–water partition coefficient (Wildman–Crippen LogP) is -1.41. The van der Waals surface area contributed by atoms with Gasteiger partial charge in [-0.25, -0.2) is 0 Å². The monoisotopic (exact) mass is 437 g/mol. The highest BCUT2D eigenvalue weighted by molar-refractivity contribution is 5.78. The van der Waals surface area contributed by atoms with Crippen molar-refractivity contribution >= 4 is 11.8 Å². The Bertz CT molecular complexity index is 739. The zero-order chi connectivity index (χ0) is 22.3. The largest absolute Gasteiger partial charge is 0.484 e. The molecule has 0 unspecified atom stereocenters. The second kappa shape index (κ2) is 10.9. The van der Waals surface area contributed by atoms with Crippen molar-refractivity contribution in [2.75, 3.05) is 66.3 Å². The molecular weight excluding hydrogens is 406 g/mol. The number of nitrogens with zero attached hydrogens (tertiary/aromatic N) is 2. The number of hydrogen-bond donors (Lipinski definition) is 3. The molecule has 10 heteroatoms. The molecule has 2 aliphatic rings. The number of morpholine rings is 1. The van der Waals surface area contributed by atoms with Crippen LogP contribution in [0.15, 0.2) is 24.3 Å². The van der Waals surface area contributed by atoms with Crippen molar-refractivity contribution in [1.29, 1.82) is 0 Å². The topological polar surface area (TPSA) is 121 Å². The molecule has 1 aromatic carbocycles. The molecule has 1 aromatic rings. The Morgan fingerprint density at radius 2 is 1.94 bits per heavy atom. The molecule has 2 saturated heterocycles. The molecule has 0 saturated carbocycles. The van der Waals surface area contributed by atoms with Gasteiger partial charge in [-0.1, -0.05) is 12.1 Å². The molecule has 0 spiro atoms. The van der Waals surface area contributed by atoms with Crippen LogP contribution in [0, 0.1) is 0 Å². The average Bonchev–Trinajstić information content (AvgIpc) is 3.05. The SMILES string of the molecule is COCC(=O)NC[C@]1(O)CN(Cc2ccc(OCC(=O)N3CCOCC3)cc2)C[C@H]1O. The number of methoxy groups -OCH3 is 1. The fraction of sp³-hybridized carbons (Fsp3) is 0.619. The molecular formula is C21H31N3O7. The number of likely N-dealkylation sites (tertiary alicyclic amines) is 1. The predicted molar refractivity (Wildman–Crippen MR) is 110 cm³/mol. The van der Waals surface area contributed by atoms with Gasteiger partial charge in [0.1, 0.15) is 18.0 Å². The molecule has 2 aliphatic heterocycles. The molecule has 0 bridgehead atoms. The van der Waals surface area contributed by atoms with Gasteiger partial charge >= 0.3 is 0 Å². The fourth-order valence-corrected chi connectivity index (χ4v) is 3.70. The quantitative estimate of drug-likeness (QED) is 0.431. The van der Waals surface area contributed by atoms with Crippen LogP contribution < -0.4 is 10.1 Å². The van der Waals surface area contributed by atoms with Gasteiger partial charge in [-0.05, 0) is 17.7 Å². The van der Waals surface area contributed by atoms with Crippen LogP contribution in [0.3, 0.4) is 0 Å². The van der Waals surface area contributed by atoms with Gasteiger partial charge in [0.2, 0.25) is 5.91 Å². The van der Waals surface area contributed by atoms with E-state index >= 15 is 0 Å². The van der Waals surface area contributed by atoms with Crippen molar-refractivity contribution in [3.63, 3.8) is 0 Å². The van der Waals surface area contributed by atoms with E-state index in [1.54, 1.807) is 17.0 Å². The van der Waals surface area contributed by atoms with Crippen LogP contribution in [0.1, 0.15) is 5.56 Å². The third-order valence-electron chi connectivity index (χ3n) is 5.47. The molecule has 3 N–H and O–H groups in total. The Balaban J connectivity index is 1.45. The molecule has 2 amide bonds. The molecule has 0 radical (unpaired) electrons. The molecule has 0 aliphatic carbocycles. The Hall–Kier alpha value is -2.24. The van der Waals surface area contributed by atoms with Crippen LogP contribution in [0.25, 0.3) is 0 Å². The number of hydrogen-bond acceptors (Lipinski definition) is 8. The number of β-amino-alcohol motifs (C(OH)–C–C–N with tert-alkyl or cyclic N) is 2. The van der Waals surface area contributed by atoms with E-state index in [1.165, 1.54) is 7.11 Å². The summed E-state index contributed by atoms with van der Waals surface area (Å²) in [4.78, 5) is 27.4. The van der Waals surface area contributed by atoms with E-state index < -0.39 is 11.7 Å². The van der Waals surface area contributed by atoms with Crippen LogP contribution in [0.4, 0.5) is 0 Å². The van der Waals surface area contributed by atoms with Crippen molar-refractivity contribution in [2.24, 2.45) is 0 Å². The summed E-state index contributed by atoms with van der Waals surface area (Å²) in [6.07, 6.45) is -0.968. The lowest BCUT2D eigenvalue weighted by molar-refractivity contribution is -0.137. The molecule has 10 nitrogen and oxygen atoms in total. The van der Waals surface area contributed by atoms with Crippen LogP contribution in [-0.2, 0) is 25.6 Å². The maximum absolute atomic E-state index is 12.2. The van der Waals surface area contributed by atoms with Gasteiger partial charge in [-0.3, -0.25) is 14.5 Å². The fourth-order valence-electron chi connectivity index (χ4n) is 3.70. The normalized spacial score (nSPS) is 24.2. The van der Waals surface area contributed by atoms with Crippen molar-refractivity contribution in [3.05, 3.63) is 29.8 Å². The summed E-state index contributed by atoms with van der Waals surface area (Å²) in [6.45, 7) is 3.19. The van der Waals surface area contributed by atoms with Gasteiger partial charge in [0, 0.05) is 39.8 Å². The Kier molecular flexibility index (Phi) is 8.22. The van der Waals surface area contributed by atoms with Gasteiger partial charge in [0.15, 0.2) is 6.61 Å². The first-order chi connectivity index (χ1) is 14.9. The van der Waals surface area contributed by atoms with E-state index in [2.05, 4.69) is 5.32 Å². The van der Waals surface area contributed by atoms with E-state index in [4.69, 9.17) is 14.2 Å². The minimum Gasteiger partial charge on any atom is -0.484 e. The summed E-state index contributed by atoms with van der Waals surface area (Å²) >= 11 is 0. The van der Waals surface area contributed by atoms with Crippen molar-refractivity contribution < 1.29 is 34.0 Å². The van der Waals surface area contributed by atoms with Gasteiger partial charge in [0.25, 0.3) is 5.91 Å². The van der Waals surface area contributed by atoms with Crippen molar-refractivity contribution in [2.45, 2.75) is 18.2 Å². The first kappa shape index (κ1) is 23.4. The van der Waals surface area contributed by atoms with E-state index in [0.29, 0.717) is 45.1 Å². The molecule has 2 atom stereocenters. The van der Waals surface area contributed by atoms with E-state index in [-0.39, 0.29) is 38.1 Å². The van der Waals surface area contributed by atoms with Crippen LogP contribution in [0.5, 0.6) is 5.75 Å². The van der Waals surface area contributed by atoms with Crippen LogP contribution in [0.2, 0.25) is 0 Å². The Labute approximate surface area is 181 Å². The lowest BCUT2D eigenvalue weighted by Gasteiger charge is -2.26. The summed E-state index contributed by atoms with van der Waals surface area (Å²) in [5, 5.41) is 23.5. The number of carbonyl (C=O) groups is 2. The number of amides is 2. The zero-order valence-electron chi connectivity index (χ0n) is 17.8. The van der Waals surface area contributed by atoms with Crippen molar-refractivity contribution in [3.8, 4) is 5.75 Å². The number of carbonyl (C=O) groups excluding carboxylic acids is 2. The number of benzene rings is 1. The third-order valence-corrected chi connectivity index (χ3v) is 5.47. The highest BCUT2D eigenvalue weighted by atomic mass is 16.5. The number of rotatable bonds is 9. The Morgan fingerprint density at radius 3 is 2.61 bits per heavy atom. The second-order valence-electron chi connectivity index (χ2n) is 7.92. The molecule has 2 heterocycles. The van der Waals surface area contributed by atoms with E-state index in [9.17, 15) is 19.8 Å². The molecule has 0 aromatic heterocycles. The summed E-state index contributed by atoms with van der Waals surface area (Å²) in [6, 6.07) is 7.37. The minimum atomic E-state index is -1.41. The maximum atomic E-state index is 12.2. The maximum Gasteiger partial charge on any atom is 0.260 e. The highest BCUT2D eigenvalue weighted by Crippen LogP contribution is 2.24. The van der Waals surface area contributed by atoms with E-state index in [1.807, 2.05) is 17.0 Å². The average molecular weight is 437 g/mol. The molecule has 3 rings (SSSR count). The van der Waals surface area contributed by atoms with Crippen LogP contribution in [-0.4, -0.2) is 110 Å². The highest BCUT2D eigenvalue weighted by Gasteiger charge is 2.44. The third kappa shape index (κ3) is 6.62. The molecule has 2 fully saturated rings. The van der Waals surface area contributed by atoms with Gasteiger partial charge in [0.05, 0.1) is 25.9 Å². The van der Waals surface area contributed by atoms with E-state index in [0.717, 1.165) is 5.56 Å². The first-order valence-electron chi connectivity index (χ1n) is 10.4. The summed E-state index contributed by atoms with van der Waals surface area (Å²) < 4.78 is 15.6. The lowest BCUT2D eigenvalue weighted by Crippen LogP contribution is -2.51. The Morgan fingerprint density at radius 1 is 1.23 bits per heavy atom. The number of nitrogens with one attached hydrogen (secondary N) is 1. The smallest absolute Gasteiger partial charge is 0.260 e. The number of aliphatic hydroxyl groups is 2. The lowest BCUT2D eigenvalue weighted by atomic mass is 10.0. The van der Waals surface area contributed by atoms with Gasteiger partial charge in [-0.15, -0.1) is 0 Å². The molecule has 172 valence electrons. The van der Waals surface area contributed by atoms with Gasteiger partial charge in [-0.2, -0.15) is 0 Å². The molecule has 31 heavy (non-hydrogen) atoms. The summed E-state index contributed by atoms with van der Waals surface area (Å²) in [7, 11) is 1.42. The number of aliphatic hydroxyl groups excluding tert-OH is 1. The first-order valence-corrected chi connectivity index (χ1v) is 10.4. The van der Waals surface area contributed by atoms with Crippen molar-refractivity contribution in [1.82, 2.24) is 15.1 Å². The summed E-state index contributed by atoms with van der Waals surface area (Å²) in [5.41, 5.74) is -0.432. The second-order valence-corrected chi connectivity index (χ2v) is 7.92. The number of ether oxygens (including phenoxy) is 3. The standard InChI is InChI=1S/C21H31N3O7/c1-29-12-19(26)22-14-21(28)15-23(11-18(21)25)10-16-2-4-17(5-3-16)31-13-20(27)24-6-8-30-9-7-24/h2-5,18,25,28H,6-15H2,1H3,(H,22,26)/t18-,21+/m1/s1. The van der Waals surface area contributed by atoms with Gasteiger partial charge < -0.3 is 34.6 Å². The minimum absolute atomic E-state index is 0.0144. The summed E-state index contributed by atoms with van der Waals surface area (Å²) in [5.74, 6) is 0.198. The van der Waals surface area contributed by atoms with Crippen LogP contribution >= 0.6 is 0 Å². The zero-order valence-corrected chi connectivity index (χ0v) is 17.8.